The smallest absolute Gasteiger partial charge is 0.124 e. The monoisotopic (exact) mass is 348 g/mol. The van der Waals surface area contributed by atoms with Gasteiger partial charge in [-0.2, -0.15) is 0 Å². The second-order valence-electron chi connectivity index (χ2n) is 5.60. The van der Waals surface area contributed by atoms with Gasteiger partial charge in [0.15, 0.2) is 0 Å². The van der Waals surface area contributed by atoms with Gasteiger partial charge >= 0.3 is 0 Å². The van der Waals surface area contributed by atoms with Crippen LogP contribution in [-0.4, -0.2) is 6.04 Å². The van der Waals surface area contributed by atoms with Gasteiger partial charge in [0.2, 0.25) is 0 Å². The second-order valence-corrected chi connectivity index (χ2v) is 6.51. The van der Waals surface area contributed by atoms with Crippen molar-refractivity contribution in [2.24, 2.45) is 5.84 Å². The number of nitrogens with one attached hydrogen (secondary N) is 1. The molecule has 2 atom stereocenters. The van der Waals surface area contributed by atoms with Crippen LogP contribution >= 0.6 is 15.9 Å². The van der Waals surface area contributed by atoms with Gasteiger partial charge in [0.25, 0.3) is 0 Å². The van der Waals surface area contributed by atoms with E-state index in [-0.39, 0.29) is 11.9 Å². The van der Waals surface area contributed by atoms with E-state index < -0.39 is 0 Å². The summed E-state index contributed by atoms with van der Waals surface area (Å²) in [5.41, 5.74) is 6.66. The van der Waals surface area contributed by atoms with E-state index in [0.29, 0.717) is 12.3 Å². The van der Waals surface area contributed by atoms with E-state index in [2.05, 4.69) is 45.6 Å². The summed E-state index contributed by atoms with van der Waals surface area (Å²) >= 11 is 3.34. The van der Waals surface area contributed by atoms with Crippen molar-refractivity contribution in [3.63, 3.8) is 0 Å². The summed E-state index contributed by atoms with van der Waals surface area (Å²) < 4.78 is 14.3. The van der Waals surface area contributed by atoms with Gasteiger partial charge in [-0.15, -0.1) is 0 Å². The predicted molar refractivity (Wildman–Crippen MR) is 86.4 cm³/mol. The first-order valence-electron chi connectivity index (χ1n) is 7.16. The van der Waals surface area contributed by atoms with Crippen LogP contribution in [0.5, 0.6) is 0 Å². The van der Waals surface area contributed by atoms with E-state index in [4.69, 9.17) is 5.84 Å². The lowest BCUT2D eigenvalue weighted by Crippen LogP contribution is -2.40. The fourth-order valence-electron chi connectivity index (χ4n) is 3.31. The van der Waals surface area contributed by atoms with Gasteiger partial charge in [0.05, 0.1) is 0 Å². The van der Waals surface area contributed by atoms with Gasteiger partial charge < -0.3 is 0 Å². The number of halogens is 2. The van der Waals surface area contributed by atoms with Crippen LogP contribution in [0.15, 0.2) is 46.9 Å². The zero-order valence-corrected chi connectivity index (χ0v) is 13.2. The highest BCUT2D eigenvalue weighted by molar-refractivity contribution is 9.10. The summed E-state index contributed by atoms with van der Waals surface area (Å²) in [6.45, 7) is 0. The predicted octanol–water partition coefficient (Wildman–Crippen LogP) is 3.69. The lowest BCUT2D eigenvalue weighted by molar-refractivity contribution is 0.433. The van der Waals surface area contributed by atoms with Crippen LogP contribution in [0.25, 0.3) is 0 Å². The number of nitrogens with two attached hydrogens (primary N) is 1. The Morgan fingerprint density at radius 3 is 2.86 bits per heavy atom. The fourth-order valence-corrected chi connectivity index (χ4v) is 3.82. The van der Waals surface area contributed by atoms with Crippen LogP contribution in [0.4, 0.5) is 4.39 Å². The first-order chi connectivity index (χ1) is 10.2. The standard InChI is InChI=1S/C17H18BrFN2/c18-13-7-11(8-14(19)10-13)9-17(21-20)16-6-5-12-3-1-2-4-15(12)16/h1-4,7-8,10,16-17,21H,5-6,9,20H2. The van der Waals surface area contributed by atoms with Crippen LogP contribution in [0.1, 0.15) is 29.0 Å². The number of rotatable bonds is 4. The molecule has 0 spiro atoms. The Morgan fingerprint density at radius 2 is 2.10 bits per heavy atom. The summed E-state index contributed by atoms with van der Waals surface area (Å²) in [5, 5.41) is 0. The maximum Gasteiger partial charge on any atom is 0.124 e. The molecule has 0 aromatic heterocycles. The van der Waals surface area contributed by atoms with Gasteiger partial charge in [-0.1, -0.05) is 40.2 Å². The molecule has 0 amide bonds. The number of fused-ring (bicyclic) bond motifs is 1. The molecule has 0 aliphatic heterocycles. The summed E-state index contributed by atoms with van der Waals surface area (Å²) in [4.78, 5) is 0. The van der Waals surface area contributed by atoms with Crippen molar-refractivity contribution in [1.29, 1.82) is 0 Å². The highest BCUT2D eigenvalue weighted by Crippen LogP contribution is 2.36. The Labute approximate surface area is 132 Å². The van der Waals surface area contributed by atoms with Crippen LogP contribution < -0.4 is 11.3 Å². The molecule has 3 N–H and O–H groups in total. The third-order valence-electron chi connectivity index (χ3n) is 4.26. The van der Waals surface area contributed by atoms with E-state index in [0.717, 1.165) is 22.9 Å². The number of hydrogen-bond donors (Lipinski definition) is 2. The van der Waals surface area contributed by atoms with Gasteiger partial charge in [-0.05, 0) is 54.2 Å². The molecule has 0 bridgehead atoms. The molecule has 2 aromatic rings. The minimum atomic E-state index is -0.220. The summed E-state index contributed by atoms with van der Waals surface area (Å²) in [7, 11) is 0. The van der Waals surface area contributed by atoms with Gasteiger partial charge in [0.1, 0.15) is 5.82 Å². The van der Waals surface area contributed by atoms with E-state index >= 15 is 0 Å². The maximum absolute atomic E-state index is 13.5. The highest BCUT2D eigenvalue weighted by atomic mass is 79.9. The van der Waals surface area contributed by atoms with E-state index in [1.165, 1.54) is 17.2 Å². The average molecular weight is 349 g/mol. The van der Waals surface area contributed by atoms with Gasteiger partial charge in [-0.3, -0.25) is 11.3 Å². The Morgan fingerprint density at radius 1 is 1.29 bits per heavy atom. The molecule has 0 fully saturated rings. The van der Waals surface area contributed by atoms with Crippen molar-refractivity contribution < 1.29 is 4.39 Å². The molecule has 21 heavy (non-hydrogen) atoms. The topological polar surface area (TPSA) is 38.0 Å². The molecule has 1 aliphatic carbocycles. The SMILES string of the molecule is NNC(Cc1cc(F)cc(Br)c1)C1CCc2ccccc21. The Bertz CT molecular complexity index is 624. The molecule has 2 unspecified atom stereocenters. The largest absolute Gasteiger partial charge is 0.271 e. The zero-order chi connectivity index (χ0) is 14.8. The second kappa shape index (κ2) is 6.26. The van der Waals surface area contributed by atoms with E-state index in [1.807, 2.05) is 6.07 Å². The number of hydrogen-bond acceptors (Lipinski definition) is 2. The molecule has 2 aromatic carbocycles. The zero-order valence-electron chi connectivity index (χ0n) is 11.7. The molecule has 1 aliphatic rings. The molecule has 4 heteroatoms. The van der Waals surface area contributed by atoms with Crippen molar-refractivity contribution in [1.82, 2.24) is 5.43 Å². The molecule has 0 radical (unpaired) electrons. The third kappa shape index (κ3) is 3.18. The van der Waals surface area contributed by atoms with Crippen LogP contribution in [0.2, 0.25) is 0 Å². The quantitative estimate of drug-likeness (QED) is 0.653. The van der Waals surface area contributed by atoms with Crippen molar-refractivity contribution in [3.05, 3.63) is 69.4 Å². The summed E-state index contributed by atoms with van der Waals surface area (Å²) in [6.07, 6.45) is 2.89. The van der Waals surface area contributed by atoms with Crippen LogP contribution in [0, 0.1) is 5.82 Å². The minimum absolute atomic E-state index is 0.113. The van der Waals surface area contributed by atoms with Crippen molar-refractivity contribution in [3.8, 4) is 0 Å². The molecule has 0 saturated carbocycles. The van der Waals surface area contributed by atoms with Gasteiger partial charge in [0, 0.05) is 16.4 Å². The van der Waals surface area contributed by atoms with E-state index in [9.17, 15) is 4.39 Å². The maximum atomic E-state index is 13.5. The Kier molecular flexibility index (Phi) is 4.38. The average Bonchev–Trinajstić information content (AvgIpc) is 2.87. The molecule has 0 saturated heterocycles. The number of benzene rings is 2. The first kappa shape index (κ1) is 14.7. The van der Waals surface area contributed by atoms with Crippen molar-refractivity contribution in [2.75, 3.05) is 0 Å². The van der Waals surface area contributed by atoms with Crippen LogP contribution in [0.3, 0.4) is 0 Å². The lowest BCUT2D eigenvalue weighted by atomic mass is 9.89. The van der Waals surface area contributed by atoms with Crippen LogP contribution in [-0.2, 0) is 12.8 Å². The Hall–Kier alpha value is -1.23. The van der Waals surface area contributed by atoms with E-state index in [1.54, 1.807) is 6.07 Å². The normalized spacial score (nSPS) is 18.5. The molecule has 0 heterocycles. The molecular weight excluding hydrogens is 331 g/mol. The third-order valence-corrected chi connectivity index (χ3v) is 4.71. The molecular formula is C17H18BrFN2. The molecule has 3 rings (SSSR count). The Balaban J connectivity index is 1.83. The first-order valence-corrected chi connectivity index (χ1v) is 7.95. The highest BCUT2D eigenvalue weighted by Gasteiger charge is 2.29. The molecule has 110 valence electrons. The van der Waals surface area contributed by atoms with Crippen molar-refractivity contribution in [2.45, 2.75) is 31.2 Å². The van der Waals surface area contributed by atoms with Gasteiger partial charge in [-0.25, -0.2) is 4.39 Å². The number of hydrazine groups is 1. The minimum Gasteiger partial charge on any atom is -0.271 e. The lowest BCUT2D eigenvalue weighted by Gasteiger charge is -2.24. The fraction of sp³-hybridized carbons (Fsp3) is 0.294. The summed E-state index contributed by atoms with van der Waals surface area (Å²) in [6, 6.07) is 13.6. The van der Waals surface area contributed by atoms with Crippen molar-refractivity contribution >= 4 is 15.9 Å². The summed E-state index contributed by atoms with van der Waals surface area (Å²) in [5.74, 6) is 5.94. The number of aryl methyl sites for hydroxylation is 1. The molecule has 2 nitrogen and oxygen atoms in total.